The first-order chi connectivity index (χ1) is 17.4. The van der Waals surface area contributed by atoms with E-state index in [0.29, 0.717) is 11.4 Å². The Balaban J connectivity index is 1.47. The van der Waals surface area contributed by atoms with Crippen molar-refractivity contribution in [2.75, 3.05) is 13.7 Å². The Morgan fingerprint density at radius 1 is 1.11 bits per heavy atom. The molecule has 36 heavy (non-hydrogen) atoms. The summed E-state index contributed by atoms with van der Waals surface area (Å²) in [6.45, 7) is -0.493. The largest absolute Gasteiger partial charge is 0.497 e. The molecule has 10 nitrogen and oxygen atoms in total. The number of aromatic nitrogens is 6. The summed E-state index contributed by atoms with van der Waals surface area (Å²) in [6, 6.07) is 8.13. The number of rotatable bonds is 6. The van der Waals surface area contributed by atoms with Crippen LogP contribution < -0.4 is 4.74 Å². The van der Waals surface area contributed by atoms with E-state index >= 15 is 0 Å². The van der Waals surface area contributed by atoms with Gasteiger partial charge in [-0.1, -0.05) is 22.6 Å². The number of hydrogen-bond donors (Lipinski definition) is 2. The minimum Gasteiger partial charge on any atom is -0.497 e. The zero-order chi connectivity index (χ0) is 25.4. The Labute approximate surface area is 202 Å². The molecule has 1 aliphatic rings. The molecular formula is C23H21F3N6O4. The van der Waals surface area contributed by atoms with E-state index in [9.17, 15) is 23.4 Å². The van der Waals surface area contributed by atoms with Crippen molar-refractivity contribution >= 4 is 0 Å². The maximum absolute atomic E-state index is 13.7. The van der Waals surface area contributed by atoms with E-state index in [1.54, 1.807) is 25.4 Å². The molecule has 0 radical (unpaired) electrons. The Bertz CT molecular complexity index is 1360. The highest BCUT2D eigenvalue weighted by molar-refractivity contribution is 5.60. The maximum Gasteiger partial charge on any atom is 0.194 e. The summed E-state index contributed by atoms with van der Waals surface area (Å²) in [7, 11) is 1.55. The summed E-state index contributed by atoms with van der Waals surface area (Å²) in [5, 5.41) is 36.8. The van der Waals surface area contributed by atoms with Crippen LogP contribution in [0.25, 0.3) is 22.5 Å². The molecule has 1 fully saturated rings. The second-order valence-corrected chi connectivity index (χ2v) is 8.24. The summed E-state index contributed by atoms with van der Waals surface area (Å²) >= 11 is 0. The molecule has 4 unspecified atom stereocenters. The monoisotopic (exact) mass is 502 g/mol. The molecule has 13 heteroatoms. The van der Waals surface area contributed by atoms with Crippen LogP contribution in [-0.2, 0) is 4.74 Å². The van der Waals surface area contributed by atoms with Crippen LogP contribution in [0.2, 0.25) is 0 Å². The van der Waals surface area contributed by atoms with Gasteiger partial charge < -0.3 is 19.7 Å². The van der Waals surface area contributed by atoms with Gasteiger partial charge in [0, 0.05) is 17.5 Å². The van der Waals surface area contributed by atoms with Gasteiger partial charge in [-0.2, -0.15) is 0 Å². The number of halogens is 3. The van der Waals surface area contributed by atoms with Crippen LogP contribution in [0.15, 0.2) is 48.8 Å². The van der Waals surface area contributed by atoms with E-state index in [2.05, 4.69) is 20.6 Å². The Hall–Kier alpha value is -3.81. The first-order valence-electron chi connectivity index (χ1n) is 10.9. The van der Waals surface area contributed by atoms with Crippen molar-refractivity contribution < 1.29 is 32.9 Å². The fraction of sp³-hybridized carbons (Fsp3) is 0.304. The third-order valence-corrected chi connectivity index (χ3v) is 6.07. The number of ether oxygens (including phenoxy) is 2. The Morgan fingerprint density at radius 3 is 2.61 bits per heavy atom. The van der Waals surface area contributed by atoms with E-state index in [4.69, 9.17) is 9.47 Å². The van der Waals surface area contributed by atoms with Crippen molar-refractivity contribution in [1.82, 2.24) is 30.0 Å². The lowest BCUT2D eigenvalue weighted by Crippen LogP contribution is -2.46. The zero-order valence-corrected chi connectivity index (χ0v) is 18.9. The summed E-state index contributed by atoms with van der Waals surface area (Å²) in [4.78, 5) is 0. The van der Waals surface area contributed by atoms with Crippen molar-refractivity contribution in [1.29, 1.82) is 0 Å². The van der Waals surface area contributed by atoms with Gasteiger partial charge in [0.1, 0.15) is 23.7 Å². The minimum absolute atomic E-state index is 0.0222. The zero-order valence-electron chi connectivity index (χ0n) is 18.9. The first kappa shape index (κ1) is 23.9. The number of methoxy groups -OCH3 is 1. The maximum atomic E-state index is 13.7. The van der Waals surface area contributed by atoms with E-state index in [1.165, 1.54) is 15.6 Å². The van der Waals surface area contributed by atoms with Crippen LogP contribution in [0, 0.1) is 17.5 Å². The highest BCUT2D eigenvalue weighted by atomic mass is 19.2. The fourth-order valence-corrected chi connectivity index (χ4v) is 4.22. The van der Waals surface area contributed by atoms with Gasteiger partial charge in [0.2, 0.25) is 0 Å². The molecule has 2 aromatic heterocycles. The van der Waals surface area contributed by atoms with Gasteiger partial charge >= 0.3 is 0 Å². The topological polar surface area (TPSA) is 120 Å². The smallest absolute Gasteiger partial charge is 0.194 e. The van der Waals surface area contributed by atoms with Crippen molar-refractivity contribution in [3.8, 4) is 28.3 Å². The van der Waals surface area contributed by atoms with Crippen LogP contribution in [0.3, 0.4) is 0 Å². The number of nitrogens with zero attached hydrogens (tertiary/aromatic N) is 6. The molecule has 2 N–H and O–H groups in total. The number of benzene rings is 2. The lowest BCUT2D eigenvalue weighted by Gasteiger charge is -2.38. The molecule has 188 valence electrons. The van der Waals surface area contributed by atoms with Crippen LogP contribution in [0.1, 0.15) is 18.7 Å². The van der Waals surface area contributed by atoms with Gasteiger partial charge in [0.25, 0.3) is 0 Å². The van der Waals surface area contributed by atoms with Crippen LogP contribution in [-0.4, -0.2) is 66.1 Å². The predicted octanol–water partition coefficient (Wildman–Crippen LogP) is 2.51. The van der Waals surface area contributed by atoms with Gasteiger partial charge in [0.05, 0.1) is 37.8 Å². The van der Waals surface area contributed by atoms with Crippen LogP contribution in [0.4, 0.5) is 13.2 Å². The first-order valence-corrected chi connectivity index (χ1v) is 10.9. The van der Waals surface area contributed by atoms with E-state index in [1.807, 2.05) is 12.1 Å². The molecule has 2 aromatic carbocycles. The molecule has 4 atom stereocenters. The lowest BCUT2D eigenvalue weighted by atomic mass is 9.98. The van der Waals surface area contributed by atoms with Crippen molar-refractivity contribution in [3.05, 3.63) is 66.2 Å². The van der Waals surface area contributed by atoms with Crippen molar-refractivity contribution in [2.24, 2.45) is 0 Å². The quantitative estimate of drug-likeness (QED) is 0.386. The molecule has 0 amide bonds. The molecule has 0 spiro atoms. The predicted molar refractivity (Wildman–Crippen MR) is 118 cm³/mol. The highest BCUT2D eigenvalue weighted by Gasteiger charge is 2.41. The van der Waals surface area contributed by atoms with E-state index in [-0.39, 0.29) is 17.7 Å². The molecule has 5 rings (SSSR count). The van der Waals surface area contributed by atoms with Gasteiger partial charge in [-0.25, -0.2) is 22.5 Å². The van der Waals surface area contributed by atoms with Gasteiger partial charge in [0.15, 0.2) is 23.7 Å². The van der Waals surface area contributed by atoms with Crippen LogP contribution in [0.5, 0.6) is 5.75 Å². The molecular weight excluding hydrogens is 481 g/mol. The Morgan fingerprint density at radius 2 is 1.89 bits per heavy atom. The van der Waals surface area contributed by atoms with Gasteiger partial charge in [-0.05, 0) is 24.3 Å². The molecule has 1 saturated heterocycles. The SMILES string of the molecule is COc1cccc(-c2cnnn2C2CC(n3cc(-c4cc(F)c(F)c(F)c4)nn3)C(O)C(CO)O2)c1. The second kappa shape index (κ2) is 9.68. The summed E-state index contributed by atoms with van der Waals surface area (Å²) in [6.07, 6.45) is 0.133. The molecule has 0 aliphatic carbocycles. The summed E-state index contributed by atoms with van der Waals surface area (Å²) < 4.78 is 54.8. The number of aliphatic hydroxyl groups is 2. The normalized spacial score (nSPS) is 22.1. The highest BCUT2D eigenvalue weighted by Crippen LogP contribution is 2.37. The average molecular weight is 502 g/mol. The van der Waals surface area contributed by atoms with Gasteiger partial charge in [-0.3, -0.25) is 0 Å². The molecule has 0 saturated carbocycles. The standard InChI is InChI=1S/C23H21F3N6O4/c1-35-14-4-2-3-12(5-14)19-9-27-29-32(19)21-8-18(23(34)20(11-33)36-21)31-10-17(28-30-31)13-6-15(24)22(26)16(25)7-13/h2-7,9-10,18,20-21,23,33-34H,8,11H2,1H3. The van der Waals surface area contributed by atoms with E-state index < -0.39 is 48.5 Å². The molecule has 3 heterocycles. The molecule has 1 aliphatic heterocycles. The molecule has 4 aromatic rings. The second-order valence-electron chi connectivity index (χ2n) is 8.24. The minimum atomic E-state index is -1.58. The fourth-order valence-electron chi connectivity index (χ4n) is 4.22. The van der Waals surface area contributed by atoms with Crippen molar-refractivity contribution in [2.45, 2.75) is 30.9 Å². The van der Waals surface area contributed by atoms with Crippen LogP contribution >= 0.6 is 0 Å². The lowest BCUT2D eigenvalue weighted by molar-refractivity contribution is -0.183. The Kier molecular flexibility index (Phi) is 6.43. The number of aliphatic hydroxyl groups excluding tert-OH is 2. The van der Waals surface area contributed by atoms with E-state index in [0.717, 1.165) is 17.7 Å². The molecule has 0 bridgehead atoms. The third kappa shape index (κ3) is 4.32. The average Bonchev–Trinajstić information content (AvgIpc) is 3.58. The summed E-state index contributed by atoms with van der Waals surface area (Å²) in [5.41, 5.74) is 1.42. The summed E-state index contributed by atoms with van der Waals surface area (Å²) in [5.74, 6) is -3.67. The number of hydrogen-bond acceptors (Lipinski definition) is 8. The van der Waals surface area contributed by atoms with Gasteiger partial charge in [-0.15, -0.1) is 10.2 Å². The third-order valence-electron chi connectivity index (χ3n) is 6.07. The van der Waals surface area contributed by atoms with Crippen molar-refractivity contribution in [3.63, 3.8) is 0 Å².